The Balaban J connectivity index is 1.34. The van der Waals surface area contributed by atoms with E-state index in [9.17, 15) is 9.18 Å². The predicted octanol–water partition coefficient (Wildman–Crippen LogP) is 5.14. The van der Waals surface area contributed by atoms with Crippen molar-refractivity contribution in [3.63, 3.8) is 0 Å². The van der Waals surface area contributed by atoms with Crippen LogP contribution in [-0.2, 0) is 17.9 Å². The van der Waals surface area contributed by atoms with Crippen LogP contribution in [0.15, 0.2) is 60.2 Å². The minimum Gasteiger partial charge on any atom is -0.306 e. The van der Waals surface area contributed by atoms with Crippen molar-refractivity contribution in [1.29, 1.82) is 0 Å². The molecule has 5 rings (SSSR count). The lowest BCUT2D eigenvalue weighted by molar-refractivity contribution is -0.116. The molecule has 10 heteroatoms. The van der Waals surface area contributed by atoms with Crippen molar-refractivity contribution < 1.29 is 9.18 Å². The first-order chi connectivity index (χ1) is 16.0. The molecule has 0 saturated carbocycles. The molecule has 7 nitrogen and oxygen atoms in total. The lowest BCUT2D eigenvalue weighted by Gasteiger charge is -2.05. The van der Waals surface area contributed by atoms with E-state index in [0.717, 1.165) is 27.1 Å². The van der Waals surface area contributed by atoms with Gasteiger partial charge in [0, 0.05) is 22.8 Å². The number of aromatic nitrogens is 5. The number of hydrogen-bond acceptors (Lipinski definition) is 5. The highest BCUT2D eigenvalue weighted by Gasteiger charge is 2.18. The fourth-order valence-corrected chi connectivity index (χ4v) is 4.63. The van der Waals surface area contributed by atoms with Gasteiger partial charge in [-0.1, -0.05) is 29.8 Å². The maximum atomic E-state index is 13.1. The summed E-state index contributed by atoms with van der Waals surface area (Å²) >= 11 is 7.91. The average molecular weight is 481 g/mol. The molecule has 0 radical (unpaired) electrons. The molecule has 0 bridgehead atoms. The van der Waals surface area contributed by atoms with E-state index >= 15 is 0 Å². The number of pyridine rings is 1. The van der Waals surface area contributed by atoms with Crippen LogP contribution in [0, 0.1) is 12.7 Å². The van der Waals surface area contributed by atoms with Crippen molar-refractivity contribution in [3.05, 3.63) is 82.3 Å². The van der Waals surface area contributed by atoms with Crippen LogP contribution in [-0.4, -0.2) is 30.5 Å². The molecule has 4 heterocycles. The van der Waals surface area contributed by atoms with Crippen molar-refractivity contribution in [3.8, 4) is 10.4 Å². The second kappa shape index (κ2) is 8.76. The molecule has 0 atom stereocenters. The molecule has 1 amide bonds. The van der Waals surface area contributed by atoms with Gasteiger partial charge in [-0.05, 0) is 42.1 Å². The van der Waals surface area contributed by atoms with Crippen LogP contribution in [0.1, 0.15) is 11.3 Å². The molecule has 0 aliphatic rings. The summed E-state index contributed by atoms with van der Waals surface area (Å²) in [4.78, 5) is 18.3. The van der Waals surface area contributed by atoms with Gasteiger partial charge in [0.05, 0.1) is 17.6 Å². The largest absolute Gasteiger partial charge is 0.306 e. The first kappa shape index (κ1) is 21.3. The van der Waals surface area contributed by atoms with E-state index in [1.54, 1.807) is 45.2 Å². The van der Waals surface area contributed by atoms with E-state index in [2.05, 4.69) is 20.5 Å². The molecule has 5 aromatic rings. The smallest absolute Gasteiger partial charge is 0.247 e. The third kappa shape index (κ3) is 4.37. The van der Waals surface area contributed by atoms with E-state index in [4.69, 9.17) is 11.6 Å². The van der Waals surface area contributed by atoms with E-state index in [0.29, 0.717) is 17.2 Å². The summed E-state index contributed by atoms with van der Waals surface area (Å²) in [5, 5.41) is 14.9. The third-order valence-electron chi connectivity index (χ3n) is 5.12. The number of carbonyl (C=O) groups excluding carboxylic acids is 1. The molecular formula is C23H18ClFN6OS. The van der Waals surface area contributed by atoms with Crippen LogP contribution in [0.5, 0.6) is 0 Å². The summed E-state index contributed by atoms with van der Waals surface area (Å²) in [5.41, 5.74) is 3.35. The molecule has 0 unspecified atom stereocenters. The van der Waals surface area contributed by atoms with Crippen LogP contribution < -0.4 is 5.32 Å². The van der Waals surface area contributed by atoms with Gasteiger partial charge in [-0.15, -0.1) is 11.3 Å². The van der Waals surface area contributed by atoms with Gasteiger partial charge in [0.25, 0.3) is 0 Å². The summed E-state index contributed by atoms with van der Waals surface area (Å²) in [7, 11) is 0. The monoisotopic (exact) mass is 480 g/mol. The van der Waals surface area contributed by atoms with Gasteiger partial charge in [-0.2, -0.15) is 10.2 Å². The highest BCUT2D eigenvalue weighted by molar-refractivity contribution is 7.13. The zero-order chi connectivity index (χ0) is 22.9. The summed E-state index contributed by atoms with van der Waals surface area (Å²) in [6.07, 6.45) is 3.34. The zero-order valence-electron chi connectivity index (χ0n) is 17.5. The second-order valence-electron chi connectivity index (χ2n) is 7.48. The van der Waals surface area contributed by atoms with Crippen molar-refractivity contribution in [2.75, 3.05) is 5.32 Å². The predicted molar refractivity (Wildman–Crippen MR) is 127 cm³/mol. The minimum absolute atomic E-state index is 0.0353. The average Bonchev–Trinajstić information content (AvgIpc) is 3.51. The van der Waals surface area contributed by atoms with Crippen molar-refractivity contribution in [2.24, 2.45) is 0 Å². The van der Waals surface area contributed by atoms with Crippen LogP contribution in [0.3, 0.4) is 0 Å². The quantitative estimate of drug-likeness (QED) is 0.365. The molecule has 0 aliphatic carbocycles. The van der Waals surface area contributed by atoms with E-state index in [1.165, 1.54) is 12.1 Å². The molecule has 33 heavy (non-hydrogen) atoms. The van der Waals surface area contributed by atoms with Gasteiger partial charge in [0.2, 0.25) is 5.91 Å². The standard InChI is InChI=1S/C23H18ClFN6OS/c1-14-21-17(19-3-2-10-33-19)8-9-26-23(21)31(28-14)13-20(32)27-22-18(24)12-30(29-22)11-15-4-6-16(25)7-5-15/h2-10,12H,11,13H2,1H3,(H,27,29,32). The Morgan fingerprint density at radius 2 is 2.00 bits per heavy atom. The van der Waals surface area contributed by atoms with Crippen molar-refractivity contribution in [2.45, 2.75) is 20.0 Å². The number of rotatable bonds is 6. The molecule has 166 valence electrons. The molecular weight excluding hydrogens is 463 g/mol. The molecule has 1 N–H and O–H groups in total. The Hall–Kier alpha value is -3.56. The van der Waals surface area contributed by atoms with E-state index < -0.39 is 0 Å². The van der Waals surface area contributed by atoms with Crippen LogP contribution in [0.25, 0.3) is 21.5 Å². The summed E-state index contributed by atoms with van der Waals surface area (Å²) in [6.45, 7) is 2.27. The topological polar surface area (TPSA) is 77.6 Å². The van der Waals surface area contributed by atoms with Gasteiger partial charge in [-0.25, -0.2) is 14.1 Å². The number of amides is 1. The molecule has 0 saturated heterocycles. The summed E-state index contributed by atoms with van der Waals surface area (Å²) in [5.74, 6) is -0.371. The Labute approximate surface area is 197 Å². The Bertz CT molecular complexity index is 1440. The second-order valence-corrected chi connectivity index (χ2v) is 8.83. The Morgan fingerprint density at radius 3 is 2.76 bits per heavy atom. The third-order valence-corrected chi connectivity index (χ3v) is 6.30. The lowest BCUT2D eigenvalue weighted by Crippen LogP contribution is -2.20. The SMILES string of the molecule is Cc1nn(CC(=O)Nc2nn(Cc3ccc(F)cc3)cc2Cl)c2nccc(-c3cccs3)c12. The fourth-order valence-electron chi connectivity index (χ4n) is 3.68. The maximum absolute atomic E-state index is 13.1. The number of nitrogens with zero attached hydrogens (tertiary/aromatic N) is 5. The Kier molecular flexibility index (Phi) is 5.65. The highest BCUT2D eigenvalue weighted by Crippen LogP contribution is 2.32. The molecule has 1 aromatic carbocycles. The number of benzene rings is 1. The van der Waals surface area contributed by atoms with Crippen LogP contribution in [0.2, 0.25) is 5.02 Å². The van der Waals surface area contributed by atoms with Crippen molar-refractivity contribution in [1.82, 2.24) is 24.5 Å². The highest BCUT2D eigenvalue weighted by atomic mass is 35.5. The molecule has 4 aromatic heterocycles. The van der Waals surface area contributed by atoms with E-state index in [1.807, 2.05) is 30.5 Å². The van der Waals surface area contributed by atoms with Crippen LogP contribution in [0.4, 0.5) is 10.2 Å². The molecule has 0 spiro atoms. The van der Waals surface area contributed by atoms with Gasteiger partial charge in [0.15, 0.2) is 11.5 Å². The number of fused-ring (bicyclic) bond motifs is 1. The van der Waals surface area contributed by atoms with Gasteiger partial charge in [-0.3, -0.25) is 9.48 Å². The normalized spacial score (nSPS) is 11.2. The molecule has 0 fully saturated rings. The summed E-state index contributed by atoms with van der Waals surface area (Å²) in [6, 6.07) is 12.1. The van der Waals surface area contributed by atoms with Gasteiger partial charge >= 0.3 is 0 Å². The fraction of sp³-hybridized carbons (Fsp3) is 0.130. The number of thiophene rings is 1. The number of aryl methyl sites for hydroxylation is 1. The van der Waals surface area contributed by atoms with Crippen LogP contribution >= 0.6 is 22.9 Å². The van der Waals surface area contributed by atoms with E-state index in [-0.39, 0.29) is 24.1 Å². The number of hydrogen-bond donors (Lipinski definition) is 1. The lowest BCUT2D eigenvalue weighted by atomic mass is 10.1. The van der Waals surface area contributed by atoms with Gasteiger partial charge < -0.3 is 5.32 Å². The number of carbonyl (C=O) groups is 1. The Morgan fingerprint density at radius 1 is 1.18 bits per heavy atom. The first-order valence-electron chi connectivity index (χ1n) is 10.1. The zero-order valence-corrected chi connectivity index (χ0v) is 19.1. The summed E-state index contributed by atoms with van der Waals surface area (Å²) < 4.78 is 16.3. The van der Waals surface area contributed by atoms with Crippen molar-refractivity contribution >= 4 is 45.7 Å². The number of anilines is 1. The minimum atomic E-state index is -0.323. The molecule has 0 aliphatic heterocycles. The van der Waals surface area contributed by atoms with Gasteiger partial charge in [0.1, 0.15) is 17.4 Å². The number of nitrogens with one attached hydrogen (secondary N) is 1. The first-order valence-corrected chi connectivity index (χ1v) is 11.4. The number of halogens is 2. The maximum Gasteiger partial charge on any atom is 0.247 e.